The van der Waals surface area contributed by atoms with Crippen LogP contribution in [-0.4, -0.2) is 32.1 Å². The van der Waals surface area contributed by atoms with Gasteiger partial charge in [-0.2, -0.15) is 0 Å². The minimum atomic E-state index is 0.0818. The third-order valence-electron chi connectivity index (χ3n) is 5.10. The molecule has 1 amide bonds. The summed E-state index contributed by atoms with van der Waals surface area (Å²) in [5, 5.41) is 5.70. The molecule has 0 aliphatic carbocycles. The van der Waals surface area contributed by atoms with Crippen LogP contribution < -0.4 is 5.32 Å². The van der Waals surface area contributed by atoms with Crippen LogP contribution >= 0.6 is 35.3 Å². The van der Waals surface area contributed by atoms with Crippen LogP contribution in [0.2, 0.25) is 0 Å². The second kappa shape index (κ2) is 14.2. The van der Waals surface area contributed by atoms with Crippen LogP contribution in [0, 0.1) is 6.92 Å². The number of carbonyl (C=O) groups is 1. The van der Waals surface area contributed by atoms with Gasteiger partial charge in [-0.1, -0.05) is 70.9 Å². The van der Waals surface area contributed by atoms with Gasteiger partial charge < -0.3 is 9.73 Å². The highest BCUT2D eigenvalue weighted by atomic mass is 32.2. The van der Waals surface area contributed by atoms with Crippen molar-refractivity contribution in [2.24, 2.45) is 0 Å². The molecule has 1 aromatic carbocycles. The summed E-state index contributed by atoms with van der Waals surface area (Å²) in [7, 11) is 0. The molecule has 0 unspecified atom stereocenters. The molecule has 2 aromatic heterocycles. The minimum absolute atomic E-state index is 0.0818. The number of hydrogen-bond acceptors (Lipinski definition) is 7. The lowest BCUT2D eigenvalue weighted by molar-refractivity contribution is -0.116. The summed E-state index contributed by atoms with van der Waals surface area (Å²) in [6, 6.07) is 9.95. The first kappa shape index (κ1) is 27.9. The predicted molar refractivity (Wildman–Crippen MR) is 152 cm³/mol. The molecular formula is C27H37N3O2S3. The number of benzene rings is 1. The number of thioether (sulfide) groups is 3. The lowest BCUT2D eigenvalue weighted by Gasteiger charge is -2.18. The number of hydrogen-bond donors (Lipinski definition) is 1. The summed E-state index contributed by atoms with van der Waals surface area (Å²) in [5.41, 5.74) is 3.64. The molecule has 3 aromatic rings. The number of anilines is 1. The SMILES string of the molecule is Cc1cc(SC(C)C)c(NC(=O)CCCCCCCSc2nc3ccccc3o2)c(SC(C)C)n1. The van der Waals surface area contributed by atoms with Gasteiger partial charge >= 0.3 is 0 Å². The summed E-state index contributed by atoms with van der Waals surface area (Å²) < 4.78 is 5.75. The Morgan fingerprint density at radius 2 is 1.69 bits per heavy atom. The summed E-state index contributed by atoms with van der Waals surface area (Å²) in [5.74, 6) is 1.08. The number of nitrogens with one attached hydrogen (secondary N) is 1. The minimum Gasteiger partial charge on any atom is -0.431 e. The van der Waals surface area contributed by atoms with Gasteiger partial charge in [0.2, 0.25) is 5.91 Å². The van der Waals surface area contributed by atoms with Gasteiger partial charge in [-0.15, -0.1) is 23.5 Å². The number of carbonyl (C=O) groups excluding carboxylic acids is 1. The van der Waals surface area contributed by atoms with Crippen LogP contribution in [0.4, 0.5) is 5.69 Å². The monoisotopic (exact) mass is 531 g/mol. The van der Waals surface area contributed by atoms with Gasteiger partial charge in [-0.25, -0.2) is 9.97 Å². The van der Waals surface area contributed by atoms with Crippen molar-refractivity contribution in [2.75, 3.05) is 11.1 Å². The fraction of sp³-hybridized carbons (Fsp3) is 0.519. The third-order valence-corrected chi connectivity index (χ3v) is 8.05. The number of fused-ring (bicyclic) bond motifs is 1. The zero-order chi connectivity index (χ0) is 25.2. The maximum Gasteiger partial charge on any atom is 0.256 e. The average molecular weight is 532 g/mol. The summed E-state index contributed by atoms with van der Waals surface area (Å²) in [6.07, 6.45) is 5.92. The molecular weight excluding hydrogens is 495 g/mol. The van der Waals surface area contributed by atoms with Crippen molar-refractivity contribution in [2.45, 2.75) is 98.8 Å². The van der Waals surface area contributed by atoms with Crippen molar-refractivity contribution in [3.05, 3.63) is 36.0 Å². The van der Waals surface area contributed by atoms with Crippen LogP contribution in [0.5, 0.6) is 0 Å². The molecule has 0 radical (unpaired) electrons. The van der Waals surface area contributed by atoms with E-state index in [0.717, 1.165) is 75.5 Å². The highest BCUT2D eigenvalue weighted by Gasteiger charge is 2.17. The standard InChI is InChI=1S/C27H37N3O2S3/c1-18(2)34-23-17-20(5)28-26(35-19(3)4)25(23)30-24(31)15-9-7-6-8-12-16-33-27-29-21-13-10-11-14-22(21)32-27/h10-11,13-14,17-19H,6-9,12,15-16H2,1-5H3,(H,30,31). The predicted octanol–water partition coefficient (Wildman–Crippen LogP) is 8.60. The largest absolute Gasteiger partial charge is 0.431 e. The zero-order valence-electron chi connectivity index (χ0n) is 21.4. The first-order valence-corrected chi connectivity index (χ1v) is 15.2. The molecule has 0 atom stereocenters. The van der Waals surface area contributed by atoms with E-state index in [-0.39, 0.29) is 5.91 Å². The Hall–Kier alpha value is -1.64. The fourth-order valence-corrected chi connectivity index (χ4v) is 6.41. The number of rotatable bonds is 14. The number of oxazole rings is 1. The first-order valence-electron chi connectivity index (χ1n) is 12.4. The second-order valence-electron chi connectivity index (χ2n) is 9.14. The molecule has 0 saturated heterocycles. The van der Waals surface area contributed by atoms with Gasteiger partial charge in [-0.3, -0.25) is 4.79 Å². The van der Waals surface area contributed by atoms with Crippen LogP contribution in [0.3, 0.4) is 0 Å². The van der Waals surface area contributed by atoms with Gasteiger partial charge in [0.05, 0.1) is 5.69 Å². The van der Waals surface area contributed by atoms with Crippen LogP contribution in [0.25, 0.3) is 11.1 Å². The number of aryl methyl sites for hydroxylation is 1. The Morgan fingerprint density at radius 1 is 0.971 bits per heavy atom. The van der Waals surface area contributed by atoms with Gasteiger partial charge in [0.1, 0.15) is 10.5 Å². The zero-order valence-corrected chi connectivity index (χ0v) is 23.9. The molecule has 35 heavy (non-hydrogen) atoms. The van der Waals surface area contributed by atoms with Gasteiger partial charge in [0.15, 0.2) is 5.58 Å². The van der Waals surface area contributed by atoms with E-state index in [9.17, 15) is 4.79 Å². The molecule has 3 rings (SSSR count). The van der Waals surface area contributed by atoms with Crippen LogP contribution in [0.15, 0.2) is 49.9 Å². The van der Waals surface area contributed by atoms with E-state index in [1.165, 1.54) is 0 Å². The van der Waals surface area contributed by atoms with Crippen LogP contribution in [-0.2, 0) is 4.79 Å². The Kier molecular flexibility index (Phi) is 11.3. The Balaban J connectivity index is 1.38. The quantitative estimate of drug-likeness (QED) is 0.165. The number of aromatic nitrogens is 2. The Labute approximate surface area is 222 Å². The van der Waals surface area contributed by atoms with E-state index in [1.54, 1.807) is 35.3 Å². The molecule has 8 heteroatoms. The van der Waals surface area contributed by atoms with E-state index in [4.69, 9.17) is 9.40 Å². The van der Waals surface area contributed by atoms with E-state index in [1.807, 2.05) is 31.2 Å². The molecule has 0 aliphatic rings. The van der Waals surface area contributed by atoms with E-state index < -0.39 is 0 Å². The van der Waals surface area contributed by atoms with Crippen LogP contribution in [0.1, 0.15) is 71.9 Å². The molecule has 5 nitrogen and oxygen atoms in total. The Bertz CT molecular complexity index is 1030. The maximum atomic E-state index is 12.8. The Morgan fingerprint density at radius 3 is 2.43 bits per heavy atom. The summed E-state index contributed by atoms with van der Waals surface area (Å²) in [4.78, 5) is 23.1. The van der Waals surface area contributed by atoms with Gasteiger partial charge in [0.25, 0.3) is 5.22 Å². The number of nitrogens with zero attached hydrogens (tertiary/aromatic N) is 2. The van der Waals surface area contributed by atoms with Crippen molar-refractivity contribution >= 4 is 58.0 Å². The normalized spacial score (nSPS) is 11.6. The van der Waals surface area contributed by atoms with E-state index >= 15 is 0 Å². The van der Waals surface area contributed by atoms with Crippen molar-refractivity contribution < 1.29 is 9.21 Å². The van der Waals surface area contributed by atoms with E-state index in [0.29, 0.717) is 16.9 Å². The van der Waals surface area contributed by atoms with Crippen molar-refractivity contribution in [1.82, 2.24) is 9.97 Å². The molecule has 1 N–H and O–H groups in total. The topological polar surface area (TPSA) is 68.0 Å². The van der Waals surface area contributed by atoms with Crippen molar-refractivity contribution in [3.63, 3.8) is 0 Å². The third kappa shape index (κ3) is 9.39. The average Bonchev–Trinajstić information content (AvgIpc) is 3.20. The highest BCUT2D eigenvalue weighted by Crippen LogP contribution is 2.38. The van der Waals surface area contributed by atoms with Crippen molar-refractivity contribution in [1.29, 1.82) is 0 Å². The molecule has 190 valence electrons. The molecule has 0 fully saturated rings. The number of pyridine rings is 1. The van der Waals surface area contributed by atoms with E-state index in [2.05, 4.69) is 44.1 Å². The smallest absolute Gasteiger partial charge is 0.256 e. The highest BCUT2D eigenvalue weighted by molar-refractivity contribution is 8.01. The van der Waals surface area contributed by atoms with Gasteiger partial charge in [-0.05, 0) is 38.0 Å². The second-order valence-corrected chi connectivity index (χ2v) is 13.4. The lowest BCUT2D eigenvalue weighted by Crippen LogP contribution is -2.14. The van der Waals surface area contributed by atoms with Crippen molar-refractivity contribution in [3.8, 4) is 0 Å². The lowest BCUT2D eigenvalue weighted by atomic mass is 10.1. The summed E-state index contributed by atoms with van der Waals surface area (Å²) >= 11 is 5.17. The fourth-order valence-electron chi connectivity index (χ4n) is 3.58. The first-order chi connectivity index (χ1) is 16.8. The number of amides is 1. The number of para-hydroxylation sites is 2. The molecule has 0 bridgehead atoms. The summed E-state index contributed by atoms with van der Waals surface area (Å²) in [6.45, 7) is 10.7. The molecule has 0 saturated carbocycles. The maximum absolute atomic E-state index is 12.8. The molecule has 0 spiro atoms. The molecule has 0 aliphatic heterocycles. The number of unbranched alkanes of at least 4 members (excludes halogenated alkanes) is 4. The van der Waals surface area contributed by atoms with Gasteiger partial charge in [0, 0.05) is 33.3 Å². The molecule has 2 heterocycles.